The Labute approximate surface area is 80.6 Å². The highest BCUT2D eigenvalue weighted by Gasteiger charge is 2.23. The van der Waals surface area contributed by atoms with E-state index in [0.717, 1.165) is 17.1 Å². The number of amides is 2. The summed E-state index contributed by atoms with van der Waals surface area (Å²) in [6.45, 7) is 1.32. The number of nitrogens with zero attached hydrogens (tertiary/aromatic N) is 1. The van der Waals surface area contributed by atoms with Crippen LogP contribution in [0.5, 0.6) is 0 Å². The Morgan fingerprint density at radius 3 is 2.50 bits per heavy atom. The molecule has 74 valence electrons. The van der Waals surface area contributed by atoms with Gasteiger partial charge in [-0.3, -0.25) is 9.59 Å². The zero-order chi connectivity index (χ0) is 10.6. The van der Waals surface area contributed by atoms with Crippen molar-refractivity contribution in [1.29, 1.82) is 0 Å². The molecule has 0 aromatic rings. The summed E-state index contributed by atoms with van der Waals surface area (Å²) >= 11 is 0. The summed E-state index contributed by atoms with van der Waals surface area (Å²) in [4.78, 5) is 33.6. The molecule has 1 rings (SSSR count). The van der Waals surface area contributed by atoms with Crippen LogP contribution in [0.4, 0.5) is 0 Å². The van der Waals surface area contributed by atoms with Crippen molar-refractivity contribution in [2.75, 3.05) is 6.73 Å². The maximum Gasteiger partial charge on any atom is 0.332 e. The lowest BCUT2D eigenvalue weighted by Crippen LogP contribution is -2.33. The largest absolute Gasteiger partial charge is 0.441 e. The summed E-state index contributed by atoms with van der Waals surface area (Å²) in [7, 11) is 0. The fourth-order valence-corrected chi connectivity index (χ4v) is 0.871. The highest BCUT2D eigenvalue weighted by atomic mass is 16.5. The van der Waals surface area contributed by atoms with Crippen LogP contribution in [0.25, 0.3) is 0 Å². The van der Waals surface area contributed by atoms with Gasteiger partial charge in [-0.05, 0) is 6.92 Å². The third-order valence-electron chi connectivity index (χ3n) is 1.54. The van der Waals surface area contributed by atoms with Crippen LogP contribution < -0.4 is 0 Å². The number of carbonyl (C=O) groups is 3. The molecule has 14 heavy (non-hydrogen) atoms. The summed E-state index contributed by atoms with van der Waals surface area (Å²) in [6, 6.07) is 0. The smallest absolute Gasteiger partial charge is 0.332 e. The molecule has 0 aromatic heterocycles. The Balaban J connectivity index is 2.43. The van der Waals surface area contributed by atoms with Crippen molar-refractivity contribution in [2.45, 2.75) is 6.92 Å². The van der Waals surface area contributed by atoms with Gasteiger partial charge < -0.3 is 4.74 Å². The van der Waals surface area contributed by atoms with Crippen molar-refractivity contribution in [3.05, 3.63) is 24.3 Å². The van der Waals surface area contributed by atoms with Gasteiger partial charge in [0, 0.05) is 18.2 Å². The van der Waals surface area contributed by atoms with E-state index in [2.05, 4.69) is 4.74 Å². The van der Waals surface area contributed by atoms with Crippen LogP contribution in [-0.2, 0) is 19.1 Å². The molecule has 2 amide bonds. The quantitative estimate of drug-likeness (QED) is 0.361. The Kier molecular flexibility index (Phi) is 3.17. The third-order valence-corrected chi connectivity index (χ3v) is 1.54. The van der Waals surface area contributed by atoms with E-state index in [1.165, 1.54) is 12.2 Å². The molecule has 1 aliphatic rings. The first kappa shape index (κ1) is 10.2. The summed E-state index contributed by atoms with van der Waals surface area (Å²) in [6.07, 6.45) is 4.98. The molecular formula is C9H9NO4. The van der Waals surface area contributed by atoms with Gasteiger partial charge in [-0.1, -0.05) is 6.08 Å². The monoisotopic (exact) mass is 195 g/mol. The van der Waals surface area contributed by atoms with Crippen LogP contribution in [0, 0.1) is 0 Å². The lowest BCUT2D eigenvalue weighted by atomic mass is 10.5. The van der Waals surface area contributed by atoms with Crippen molar-refractivity contribution in [3.8, 4) is 0 Å². The Hall–Kier alpha value is -1.91. The molecule has 0 radical (unpaired) electrons. The number of ether oxygens (including phenoxy) is 1. The predicted molar refractivity (Wildman–Crippen MR) is 46.8 cm³/mol. The average Bonchev–Trinajstić information content (AvgIpc) is 2.44. The second kappa shape index (κ2) is 4.36. The minimum absolute atomic E-state index is 0.339. The zero-order valence-electron chi connectivity index (χ0n) is 7.60. The molecule has 0 aliphatic carbocycles. The van der Waals surface area contributed by atoms with Gasteiger partial charge in [-0.25, -0.2) is 9.69 Å². The van der Waals surface area contributed by atoms with E-state index in [1.54, 1.807) is 6.92 Å². The number of imide groups is 1. The molecule has 0 aromatic carbocycles. The molecule has 0 unspecified atom stereocenters. The minimum atomic E-state index is -0.583. The van der Waals surface area contributed by atoms with Gasteiger partial charge in [0.2, 0.25) is 0 Å². The molecule has 0 saturated carbocycles. The van der Waals surface area contributed by atoms with E-state index in [9.17, 15) is 14.4 Å². The highest BCUT2D eigenvalue weighted by Crippen LogP contribution is 2.02. The van der Waals surface area contributed by atoms with Crippen molar-refractivity contribution in [2.24, 2.45) is 0 Å². The van der Waals surface area contributed by atoms with E-state index in [0.29, 0.717) is 0 Å². The Morgan fingerprint density at radius 2 is 2.00 bits per heavy atom. The van der Waals surface area contributed by atoms with Crippen molar-refractivity contribution < 1.29 is 19.1 Å². The number of carbonyl (C=O) groups excluding carboxylic acids is 3. The highest BCUT2D eigenvalue weighted by molar-refractivity contribution is 6.12. The molecule has 0 bridgehead atoms. The van der Waals surface area contributed by atoms with Gasteiger partial charge in [0.15, 0.2) is 6.73 Å². The van der Waals surface area contributed by atoms with Gasteiger partial charge in [0.25, 0.3) is 11.8 Å². The second-order valence-electron chi connectivity index (χ2n) is 2.53. The number of rotatable bonds is 3. The normalized spacial score (nSPS) is 15.6. The van der Waals surface area contributed by atoms with E-state index in [-0.39, 0.29) is 6.73 Å². The van der Waals surface area contributed by atoms with Crippen molar-refractivity contribution in [3.63, 3.8) is 0 Å². The van der Waals surface area contributed by atoms with Gasteiger partial charge in [-0.2, -0.15) is 0 Å². The van der Waals surface area contributed by atoms with Crippen LogP contribution in [-0.4, -0.2) is 29.4 Å². The molecule has 1 heterocycles. The van der Waals surface area contributed by atoms with Crippen molar-refractivity contribution >= 4 is 17.8 Å². The second-order valence-corrected chi connectivity index (χ2v) is 2.53. The molecule has 0 saturated heterocycles. The van der Waals surface area contributed by atoms with E-state index in [1.807, 2.05) is 0 Å². The first-order chi connectivity index (χ1) is 6.65. The fourth-order valence-electron chi connectivity index (χ4n) is 0.871. The lowest BCUT2D eigenvalue weighted by molar-refractivity contribution is -0.151. The number of allylic oxidation sites excluding steroid dienone is 1. The summed E-state index contributed by atoms with van der Waals surface area (Å²) in [5, 5.41) is 0. The van der Waals surface area contributed by atoms with E-state index < -0.39 is 17.8 Å². The maximum absolute atomic E-state index is 11.0. The Bertz CT molecular complexity index is 312. The molecule has 5 nitrogen and oxygen atoms in total. The van der Waals surface area contributed by atoms with Crippen LogP contribution in [0.2, 0.25) is 0 Å². The van der Waals surface area contributed by atoms with Gasteiger partial charge in [0.1, 0.15) is 0 Å². The topological polar surface area (TPSA) is 63.7 Å². The first-order valence-corrected chi connectivity index (χ1v) is 3.98. The molecule has 1 aliphatic heterocycles. The summed E-state index contributed by atoms with van der Waals surface area (Å²) < 4.78 is 4.63. The number of hydrogen-bond donors (Lipinski definition) is 0. The third kappa shape index (κ3) is 2.29. The van der Waals surface area contributed by atoms with E-state index >= 15 is 0 Å². The van der Waals surface area contributed by atoms with Crippen molar-refractivity contribution in [1.82, 2.24) is 4.90 Å². The number of hydrogen-bond acceptors (Lipinski definition) is 4. The fraction of sp³-hybridized carbons (Fsp3) is 0.222. The van der Waals surface area contributed by atoms with Crippen LogP contribution in [0.3, 0.4) is 0 Å². The maximum atomic E-state index is 11.0. The Morgan fingerprint density at radius 1 is 1.43 bits per heavy atom. The van der Waals surface area contributed by atoms with Crippen LogP contribution >= 0.6 is 0 Å². The predicted octanol–water partition coefficient (Wildman–Crippen LogP) is -0.0118. The summed E-state index contributed by atoms with van der Waals surface area (Å²) in [5.74, 6) is -1.52. The molecule has 0 spiro atoms. The molecule has 0 atom stereocenters. The molecule has 0 N–H and O–H groups in total. The average molecular weight is 195 g/mol. The van der Waals surface area contributed by atoms with Gasteiger partial charge >= 0.3 is 5.97 Å². The summed E-state index contributed by atoms with van der Waals surface area (Å²) in [5.41, 5.74) is 0. The zero-order valence-corrected chi connectivity index (χ0v) is 7.60. The SMILES string of the molecule is C/C=C/C(=O)OCN1C(=O)C=CC1=O. The van der Waals surface area contributed by atoms with Crippen LogP contribution in [0.1, 0.15) is 6.92 Å². The standard InChI is InChI=1S/C9H9NO4/c1-2-3-9(13)14-6-10-7(11)4-5-8(10)12/h2-5H,6H2,1H3/b3-2+. The van der Waals surface area contributed by atoms with Crippen LogP contribution in [0.15, 0.2) is 24.3 Å². The molecule has 5 heteroatoms. The van der Waals surface area contributed by atoms with Gasteiger partial charge in [-0.15, -0.1) is 0 Å². The van der Waals surface area contributed by atoms with Gasteiger partial charge in [0.05, 0.1) is 0 Å². The van der Waals surface area contributed by atoms with E-state index in [4.69, 9.17) is 0 Å². The molecule has 0 fully saturated rings. The molecular weight excluding hydrogens is 186 g/mol. The minimum Gasteiger partial charge on any atom is -0.441 e. The lowest BCUT2D eigenvalue weighted by Gasteiger charge is -2.12. The number of esters is 1. The first-order valence-electron chi connectivity index (χ1n) is 3.98.